The van der Waals surface area contributed by atoms with Gasteiger partial charge in [0.2, 0.25) is 5.91 Å². The summed E-state index contributed by atoms with van der Waals surface area (Å²) in [6.07, 6.45) is 2.93. The van der Waals surface area contributed by atoms with Gasteiger partial charge in [0.15, 0.2) is 0 Å². The number of carbonyl (C=O) groups is 1. The van der Waals surface area contributed by atoms with Crippen molar-refractivity contribution in [3.63, 3.8) is 0 Å². The Hall–Kier alpha value is -1.51. The topological polar surface area (TPSA) is 32.3 Å². The van der Waals surface area contributed by atoms with Crippen molar-refractivity contribution >= 4 is 11.6 Å². The Bertz CT molecular complexity index is 452. The number of fused-ring (bicyclic) bond motifs is 1. The van der Waals surface area contributed by atoms with Crippen LogP contribution in [0.4, 0.5) is 5.69 Å². The number of amides is 1. The monoisotopic (exact) mass is 274 g/mol. The van der Waals surface area contributed by atoms with Gasteiger partial charge in [-0.3, -0.25) is 4.79 Å². The number of carbonyl (C=O) groups excluding carboxylic acids is 1. The van der Waals surface area contributed by atoms with Crippen LogP contribution in [0.3, 0.4) is 0 Å². The van der Waals surface area contributed by atoms with E-state index < -0.39 is 0 Å². The number of hydrogen-bond acceptors (Lipinski definition) is 2. The second kappa shape index (κ2) is 6.78. The Morgan fingerprint density at radius 2 is 1.90 bits per heavy atom. The van der Waals surface area contributed by atoms with E-state index in [9.17, 15) is 4.79 Å². The van der Waals surface area contributed by atoms with Gasteiger partial charge in [-0.25, -0.2) is 0 Å². The van der Waals surface area contributed by atoms with Gasteiger partial charge in [-0.15, -0.1) is 0 Å². The predicted molar refractivity (Wildman–Crippen MR) is 84.0 cm³/mol. The Kier molecular flexibility index (Phi) is 5.05. The minimum Gasteiger partial charge on any atom is -0.382 e. The van der Waals surface area contributed by atoms with Crippen molar-refractivity contribution in [3.05, 3.63) is 29.8 Å². The Labute approximate surface area is 122 Å². The smallest absolute Gasteiger partial charge is 0.230 e. The van der Waals surface area contributed by atoms with E-state index >= 15 is 0 Å². The molecular weight excluding hydrogens is 248 g/mol. The first kappa shape index (κ1) is 14.9. The average molecular weight is 274 g/mol. The Morgan fingerprint density at radius 1 is 1.25 bits per heavy atom. The fraction of sp³-hybridized carbons (Fsp3) is 0.588. The van der Waals surface area contributed by atoms with Crippen LogP contribution in [0.15, 0.2) is 24.3 Å². The summed E-state index contributed by atoms with van der Waals surface area (Å²) >= 11 is 0. The van der Waals surface area contributed by atoms with Crippen LogP contribution in [0.1, 0.15) is 51.5 Å². The maximum Gasteiger partial charge on any atom is 0.230 e. The van der Waals surface area contributed by atoms with Crippen LogP contribution in [0.2, 0.25) is 0 Å². The molecular formula is C17H26N2O. The number of para-hydroxylation sites is 1. The van der Waals surface area contributed by atoms with Gasteiger partial charge in [-0.2, -0.15) is 0 Å². The molecule has 1 aromatic carbocycles. The van der Waals surface area contributed by atoms with Gasteiger partial charge in [-0.1, -0.05) is 32.0 Å². The normalized spacial score (nSPS) is 20.9. The molecule has 1 N–H and O–H groups in total. The summed E-state index contributed by atoms with van der Waals surface area (Å²) in [7, 11) is 0. The number of anilines is 1. The molecule has 3 nitrogen and oxygen atoms in total. The first-order chi connectivity index (χ1) is 9.67. The molecule has 1 heterocycles. The fourth-order valence-electron chi connectivity index (χ4n) is 3.06. The van der Waals surface area contributed by atoms with Gasteiger partial charge in [0.25, 0.3) is 0 Å². The quantitative estimate of drug-likeness (QED) is 0.889. The van der Waals surface area contributed by atoms with Crippen LogP contribution in [-0.4, -0.2) is 29.9 Å². The van der Waals surface area contributed by atoms with Crippen LogP contribution in [0, 0.1) is 0 Å². The van der Waals surface area contributed by atoms with E-state index in [1.54, 1.807) is 0 Å². The van der Waals surface area contributed by atoms with E-state index in [0.29, 0.717) is 11.9 Å². The van der Waals surface area contributed by atoms with Gasteiger partial charge in [0.1, 0.15) is 0 Å². The van der Waals surface area contributed by atoms with E-state index in [1.165, 1.54) is 0 Å². The molecule has 1 aliphatic rings. The summed E-state index contributed by atoms with van der Waals surface area (Å²) in [4.78, 5) is 14.9. The standard InChI is InChI=1S/C17H26N2O/c1-4-10-19(11-5-2)17(20)15-12-13(3)18-16-9-7-6-8-14(15)16/h6-9,13,15,18H,4-5,10-12H2,1-3H3. The zero-order valence-corrected chi connectivity index (χ0v) is 12.9. The molecule has 0 spiro atoms. The van der Waals surface area contributed by atoms with Gasteiger partial charge >= 0.3 is 0 Å². The van der Waals surface area contributed by atoms with Crippen molar-refractivity contribution in [1.29, 1.82) is 0 Å². The molecule has 0 bridgehead atoms. The van der Waals surface area contributed by atoms with Crippen LogP contribution < -0.4 is 5.32 Å². The van der Waals surface area contributed by atoms with Crippen LogP contribution >= 0.6 is 0 Å². The second-order valence-electron chi connectivity index (χ2n) is 5.75. The largest absolute Gasteiger partial charge is 0.382 e. The SMILES string of the molecule is CCCN(CCC)C(=O)C1CC(C)Nc2ccccc21. The lowest BCUT2D eigenvalue weighted by Crippen LogP contribution is -2.40. The molecule has 2 atom stereocenters. The first-order valence-electron chi connectivity index (χ1n) is 7.81. The molecule has 0 aliphatic carbocycles. The Morgan fingerprint density at radius 3 is 2.55 bits per heavy atom. The minimum absolute atomic E-state index is 0.0144. The molecule has 1 aromatic rings. The average Bonchev–Trinajstić information content (AvgIpc) is 2.45. The molecule has 2 unspecified atom stereocenters. The second-order valence-corrected chi connectivity index (χ2v) is 5.75. The van der Waals surface area contributed by atoms with E-state index in [-0.39, 0.29) is 5.92 Å². The van der Waals surface area contributed by atoms with Gasteiger partial charge in [0, 0.05) is 24.8 Å². The van der Waals surface area contributed by atoms with E-state index in [0.717, 1.165) is 43.6 Å². The number of hydrogen-bond donors (Lipinski definition) is 1. The van der Waals surface area contributed by atoms with Gasteiger partial charge < -0.3 is 10.2 Å². The number of benzene rings is 1. The number of nitrogens with zero attached hydrogens (tertiary/aromatic N) is 1. The van der Waals surface area contributed by atoms with Crippen LogP contribution in [-0.2, 0) is 4.79 Å². The van der Waals surface area contributed by atoms with Gasteiger partial charge in [-0.05, 0) is 37.8 Å². The highest BCUT2D eigenvalue weighted by atomic mass is 16.2. The van der Waals surface area contributed by atoms with Crippen molar-refractivity contribution in [2.45, 2.75) is 52.0 Å². The molecule has 3 heteroatoms. The van der Waals surface area contributed by atoms with Crippen LogP contribution in [0.5, 0.6) is 0 Å². The summed E-state index contributed by atoms with van der Waals surface area (Å²) in [6.45, 7) is 8.16. The van der Waals surface area contributed by atoms with Crippen molar-refractivity contribution in [3.8, 4) is 0 Å². The lowest BCUT2D eigenvalue weighted by atomic mass is 9.86. The molecule has 2 rings (SSSR count). The summed E-state index contributed by atoms with van der Waals surface area (Å²) in [5, 5.41) is 3.48. The summed E-state index contributed by atoms with van der Waals surface area (Å²) in [5.41, 5.74) is 2.28. The third kappa shape index (κ3) is 3.14. The third-order valence-corrected chi connectivity index (χ3v) is 3.92. The molecule has 1 amide bonds. The molecule has 1 aliphatic heterocycles. The highest BCUT2D eigenvalue weighted by molar-refractivity contribution is 5.86. The maximum atomic E-state index is 12.9. The molecule has 0 aromatic heterocycles. The van der Waals surface area contributed by atoms with E-state index in [1.807, 2.05) is 17.0 Å². The number of nitrogens with one attached hydrogen (secondary N) is 1. The maximum absolute atomic E-state index is 12.9. The lowest BCUT2D eigenvalue weighted by molar-refractivity contribution is -0.133. The zero-order valence-electron chi connectivity index (χ0n) is 12.9. The van der Waals surface area contributed by atoms with Crippen molar-refractivity contribution in [1.82, 2.24) is 4.90 Å². The van der Waals surface area contributed by atoms with Gasteiger partial charge in [0.05, 0.1) is 5.92 Å². The van der Waals surface area contributed by atoms with Crippen molar-refractivity contribution < 1.29 is 4.79 Å². The molecule has 0 radical (unpaired) electrons. The first-order valence-corrected chi connectivity index (χ1v) is 7.81. The fourth-order valence-corrected chi connectivity index (χ4v) is 3.06. The summed E-state index contributed by atoms with van der Waals surface area (Å²) < 4.78 is 0. The van der Waals surface area contributed by atoms with E-state index in [4.69, 9.17) is 0 Å². The lowest BCUT2D eigenvalue weighted by Gasteiger charge is -2.34. The zero-order chi connectivity index (χ0) is 14.5. The highest BCUT2D eigenvalue weighted by Crippen LogP contribution is 2.35. The van der Waals surface area contributed by atoms with Crippen molar-refractivity contribution in [2.75, 3.05) is 18.4 Å². The molecule has 20 heavy (non-hydrogen) atoms. The predicted octanol–water partition coefficient (Wildman–Crippen LogP) is 3.62. The molecule has 110 valence electrons. The third-order valence-electron chi connectivity index (χ3n) is 3.92. The van der Waals surface area contributed by atoms with Crippen molar-refractivity contribution in [2.24, 2.45) is 0 Å². The minimum atomic E-state index is 0.0144. The number of rotatable bonds is 5. The molecule has 0 fully saturated rings. The molecule has 0 saturated carbocycles. The summed E-state index contributed by atoms with van der Waals surface area (Å²) in [5.74, 6) is 0.315. The van der Waals surface area contributed by atoms with Crippen LogP contribution in [0.25, 0.3) is 0 Å². The Balaban J connectivity index is 2.24. The van der Waals surface area contributed by atoms with E-state index in [2.05, 4.69) is 38.2 Å². The highest BCUT2D eigenvalue weighted by Gasteiger charge is 2.31. The molecule has 0 saturated heterocycles. The summed E-state index contributed by atoms with van der Waals surface area (Å²) in [6, 6.07) is 8.58.